The summed E-state index contributed by atoms with van der Waals surface area (Å²) in [6, 6.07) is 15.2. The highest BCUT2D eigenvalue weighted by atomic mass is 19.1. The third-order valence-electron chi connectivity index (χ3n) is 7.28. The van der Waals surface area contributed by atoms with Crippen LogP contribution in [0.2, 0.25) is 0 Å². The fourth-order valence-electron chi connectivity index (χ4n) is 5.64. The Balaban J connectivity index is 1.44. The van der Waals surface area contributed by atoms with E-state index in [4.69, 9.17) is 0 Å². The smallest absolute Gasteiger partial charge is 0.337 e. The van der Waals surface area contributed by atoms with Crippen LogP contribution in [0.3, 0.4) is 0 Å². The molecule has 1 saturated carbocycles. The largest absolute Gasteiger partial charge is 0.354 e. The molecule has 4 unspecified atom stereocenters. The third kappa shape index (κ3) is 4.67. The van der Waals surface area contributed by atoms with Gasteiger partial charge in [-0.25, -0.2) is 9.18 Å². The van der Waals surface area contributed by atoms with E-state index in [1.165, 1.54) is 17.1 Å². The van der Waals surface area contributed by atoms with E-state index in [2.05, 4.69) is 10.7 Å². The monoisotopic (exact) mass is 493 g/mol. The molecule has 0 bridgehead atoms. The van der Waals surface area contributed by atoms with Gasteiger partial charge in [0.05, 0.1) is 12.5 Å². The van der Waals surface area contributed by atoms with Crippen molar-refractivity contribution >= 4 is 17.8 Å². The number of hydrogen-bond acceptors (Lipinski definition) is 4. The standard InChI is InChI=1S/C27H32FN5O3/c1-17(2)29-24(34)20-11-12-22-23(14-20)33-26(31(25(22)35)15-18-7-4-3-5-8-18)30-32(27(33)36)16-19-9-6-10-21(28)13-19/h3-10,13,17,20,22-23,26,30H,11-12,14-16H2,1-2H3,(H,29,34). The van der Waals surface area contributed by atoms with Gasteiger partial charge in [0.15, 0.2) is 6.29 Å². The van der Waals surface area contributed by atoms with Gasteiger partial charge in [0.1, 0.15) is 5.82 Å². The van der Waals surface area contributed by atoms with Gasteiger partial charge in [0.25, 0.3) is 0 Å². The number of carbonyl (C=O) groups is 3. The van der Waals surface area contributed by atoms with Crippen molar-refractivity contribution in [3.8, 4) is 0 Å². The van der Waals surface area contributed by atoms with E-state index in [-0.39, 0.29) is 54.1 Å². The molecule has 0 aromatic heterocycles. The first-order valence-electron chi connectivity index (χ1n) is 12.6. The van der Waals surface area contributed by atoms with Crippen LogP contribution in [0.4, 0.5) is 9.18 Å². The van der Waals surface area contributed by atoms with Gasteiger partial charge in [0.2, 0.25) is 11.8 Å². The van der Waals surface area contributed by atoms with Crippen LogP contribution >= 0.6 is 0 Å². The Labute approximate surface area is 210 Å². The van der Waals surface area contributed by atoms with Crippen LogP contribution < -0.4 is 10.7 Å². The summed E-state index contributed by atoms with van der Waals surface area (Å²) < 4.78 is 13.8. The van der Waals surface area contributed by atoms with E-state index >= 15 is 0 Å². The third-order valence-corrected chi connectivity index (χ3v) is 7.28. The number of urea groups is 1. The molecule has 2 N–H and O–H groups in total. The summed E-state index contributed by atoms with van der Waals surface area (Å²) in [6.07, 6.45) is 0.918. The summed E-state index contributed by atoms with van der Waals surface area (Å²) in [7, 11) is 0. The number of fused-ring (bicyclic) bond motifs is 3. The fourth-order valence-corrected chi connectivity index (χ4v) is 5.64. The second-order valence-electron chi connectivity index (χ2n) is 10.2. The van der Waals surface area contributed by atoms with E-state index in [1.54, 1.807) is 21.9 Å². The minimum atomic E-state index is -0.674. The molecule has 8 nitrogen and oxygen atoms in total. The van der Waals surface area contributed by atoms with Crippen LogP contribution in [0, 0.1) is 17.7 Å². The molecule has 36 heavy (non-hydrogen) atoms. The molecular weight excluding hydrogens is 461 g/mol. The van der Waals surface area contributed by atoms with Gasteiger partial charge in [-0.1, -0.05) is 42.5 Å². The molecule has 0 spiro atoms. The van der Waals surface area contributed by atoms with Gasteiger partial charge in [-0.05, 0) is 56.4 Å². The summed E-state index contributed by atoms with van der Waals surface area (Å²) in [5.41, 5.74) is 4.82. The predicted octanol–water partition coefficient (Wildman–Crippen LogP) is 3.20. The minimum absolute atomic E-state index is 0.0132. The lowest BCUT2D eigenvalue weighted by Crippen LogP contribution is -2.66. The number of hydrogen-bond donors (Lipinski definition) is 2. The highest BCUT2D eigenvalue weighted by Crippen LogP contribution is 2.41. The number of rotatable bonds is 6. The summed E-state index contributed by atoms with van der Waals surface area (Å²) in [4.78, 5) is 43.7. The van der Waals surface area contributed by atoms with Gasteiger partial charge in [0, 0.05) is 24.5 Å². The van der Waals surface area contributed by atoms with Crippen molar-refractivity contribution in [1.29, 1.82) is 0 Å². The highest BCUT2D eigenvalue weighted by molar-refractivity contribution is 5.87. The first kappa shape index (κ1) is 24.2. The van der Waals surface area contributed by atoms with Gasteiger partial charge < -0.3 is 10.2 Å². The molecule has 4 amide bonds. The fraction of sp³-hybridized carbons (Fsp3) is 0.444. The minimum Gasteiger partial charge on any atom is -0.354 e. The number of amides is 4. The van der Waals surface area contributed by atoms with E-state index in [1.807, 2.05) is 44.2 Å². The molecule has 0 radical (unpaired) electrons. The van der Waals surface area contributed by atoms with Crippen LogP contribution in [0.15, 0.2) is 54.6 Å². The van der Waals surface area contributed by atoms with Crippen LogP contribution in [0.1, 0.15) is 44.2 Å². The molecular formula is C27H32FN5O3. The van der Waals surface area contributed by atoms with Crippen LogP contribution in [0.25, 0.3) is 0 Å². The zero-order valence-corrected chi connectivity index (χ0v) is 20.6. The second-order valence-corrected chi connectivity index (χ2v) is 10.2. The number of carbonyl (C=O) groups excluding carboxylic acids is 3. The molecule has 190 valence electrons. The quantitative estimate of drug-likeness (QED) is 0.647. The van der Waals surface area contributed by atoms with Crippen molar-refractivity contribution in [1.82, 2.24) is 25.6 Å². The molecule has 4 atom stereocenters. The lowest BCUT2D eigenvalue weighted by molar-refractivity contribution is -0.159. The number of hydrazine groups is 1. The van der Waals surface area contributed by atoms with Crippen molar-refractivity contribution in [2.24, 2.45) is 11.8 Å². The van der Waals surface area contributed by atoms with Gasteiger partial charge >= 0.3 is 6.03 Å². The Bertz CT molecular complexity index is 1140. The average Bonchev–Trinajstić information content (AvgIpc) is 3.17. The van der Waals surface area contributed by atoms with Gasteiger partial charge in [-0.2, -0.15) is 5.43 Å². The van der Waals surface area contributed by atoms with Crippen molar-refractivity contribution in [3.63, 3.8) is 0 Å². The summed E-state index contributed by atoms with van der Waals surface area (Å²) in [5.74, 6) is -1.04. The van der Waals surface area contributed by atoms with Crippen LogP contribution in [0.5, 0.6) is 0 Å². The topological polar surface area (TPSA) is 85.0 Å². The Kier molecular flexibility index (Phi) is 6.66. The summed E-state index contributed by atoms with van der Waals surface area (Å²) >= 11 is 0. The van der Waals surface area contributed by atoms with Crippen LogP contribution in [-0.4, -0.2) is 51.0 Å². The number of nitrogens with zero attached hydrogens (tertiary/aromatic N) is 3. The molecule has 2 saturated heterocycles. The number of halogens is 1. The Morgan fingerprint density at radius 1 is 1.06 bits per heavy atom. The van der Waals surface area contributed by atoms with E-state index in [0.29, 0.717) is 31.4 Å². The lowest BCUT2D eigenvalue weighted by Gasteiger charge is -2.49. The molecule has 3 aliphatic rings. The van der Waals surface area contributed by atoms with Crippen molar-refractivity contribution < 1.29 is 18.8 Å². The lowest BCUT2D eigenvalue weighted by atomic mass is 9.75. The molecule has 2 aromatic carbocycles. The number of benzene rings is 2. The average molecular weight is 494 g/mol. The van der Waals surface area contributed by atoms with E-state index < -0.39 is 6.29 Å². The molecule has 3 fully saturated rings. The molecule has 2 heterocycles. The molecule has 5 rings (SSSR count). The number of nitrogens with one attached hydrogen (secondary N) is 2. The van der Waals surface area contributed by atoms with Crippen molar-refractivity contribution in [3.05, 3.63) is 71.5 Å². The molecule has 9 heteroatoms. The van der Waals surface area contributed by atoms with Crippen molar-refractivity contribution in [2.45, 2.75) is 64.6 Å². The normalized spacial score (nSPS) is 25.7. The Morgan fingerprint density at radius 3 is 2.53 bits per heavy atom. The zero-order valence-electron chi connectivity index (χ0n) is 20.6. The first-order chi connectivity index (χ1) is 17.3. The first-order valence-corrected chi connectivity index (χ1v) is 12.6. The Hall–Kier alpha value is -3.46. The molecule has 2 aliphatic heterocycles. The highest BCUT2D eigenvalue weighted by Gasteiger charge is 2.56. The van der Waals surface area contributed by atoms with E-state index in [0.717, 1.165) is 5.56 Å². The van der Waals surface area contributed by atoms with Gasteiger partial charge in [-0.15, -0.1) is 0 Å². The Morgan fingerprint density at radius 2 is 1.81 bits per heavy atom. The molecule has 1 aliphatic carbocycles. The predicted molar refractivity (Wildman–Crippen MR) is 131 cm³/mol. The summed E-state index contributed by atoms with van der Waals surface area (Å²) in [5, 5.41) is 4.43. The summed E-state index contributed by atoms with van der Waals surface area (Å²) in [6.45, 7) is 4.35. The second kappa shape index (κ2) is 9.89. The zero-order chi connectivity index (χ0) is 25.4. The molecule has 2 aromatic rings. The maximum absolute atomic E-state index is 13.8. The van der Waals surface area contributed by atoms with Crippen molar-refractivity contribution in [2.75, 3.05) is 0 Å². The van der Waals surface area contributed by atoms with Crippen LogP contribution in [-0.2, 0) is 22.7 Å². The maximum Gasteiger partial charge on any atom is 0.337 e. The SMILES string of the molecule is CC(C)NC(=O)C1CCC2C(=O)N(Cc3ccccc3)C3NN(Cc4cccc(F)c4)C(=O)N3C2C1. The van der Waals surface area contributed by atoms with E-state index in [9.17, 15) is 18.8 Å². The van der Waals surface area contributed by atoms with Gasteiger partial charge in [-0.3, -0.25) is 19.5 Å². The maximum atomic E-state index is 13.8.